The van der Waals surface area contributed by atoms with Gasteiger partial charge in [-0.25, -0.2) is 4.79 Å². The molecule has 3 aromatic carbocycles. The molecule has 27 heavy (non-hydrogen) atoms. The van der Waals surface area contributed by atoms with Crippen molar-refractivity contribution in [1.29, 1.82) is 0 Å². The number of ether oxygens (including phenoxy) is 2. The Morgan fingerprint density at radius 3 is 2.15 bits per heavy atom. The molecule has 0 heterocycles. The highest BCUT2D eigenvalue weighted by Gasteiger charge is 2.11. The summed E-state index contributed by atoms with van der Waals surface area (Å²) >= 11 is 0. The van der Waals surface area contributed by atoms with E-state index in [0.29, 0.717) is 28.2 Å². The van der Waals surface area contributed by atoms with Crippen LogP contribution in [0, 0.1) is 0 Å². The van der Waals surface area contributed by atoms with Crippen molar-refractivity contribution in [2.24, 2.45) is 0 Å². The van der Waals surface area contributed by atoms with Gasteiger partial charge in [0.25, 0.3) is 0 Å². The monoisotopic (exact) mass is 358 g/mol. The summed E-state index contributed by atoms with van der Waals surface area (Å²) in [6, 6.07) is 22.7. The Bertz CT molecular complexity index is 957. The second-order valence-electron chi connectivity index (χ2n) is 5.72. The van der Waals surface area contributed by atoms with Crippen molar-refractivity contribution in [3.63, 3.8) is 0 Å². The van der Waals surface area contributed by atoms with Crippen molar-refractivity contribution >= 4 is 17.8 Å². The zero-order chi connectivity index (χ0) is 19.1. The highest BCUT2D eigenvalue weighted by Crippen LogP contribution is 2.22. The Morgan fingerprint density at radius 1 is 0.778 bits per heavy atom. The highest BCUT2D eigenvalue weighted by atomic mass is 16.5. The van der Waals surface area contributed by atoms with Crippen LogP contribution < -0.4 is 9.47 Å². The summed E-state index contributed by atoms with van der Waals surface area (Å²) in [5.74, 6) is 0.449. The third-order valence-corrected chi connectivity index (χ3v) is 3.92. The minimum Gasteiger partial charge on any atom is -0.497 e. The molecule has 4 nitrogen and oxygen atoms in total. The van der Waals surface area contributed by atoms with E-state index in [0.717, 1.165) is 0 Å². The quantitative estimate of drug-likeness (QED) is 0.275. The van der Waals surface area contributed by atoms with E-state index in [1.807, 2.05) is 24.3 Å². The number of carbonyl (C=O) groups is 2. The molecule has 3 rings (SSSR count). The van der Waals surface area contributed by atoms with Gasteiger partial charge in [0.15, 0.2) is 5.78 Å². The van der Waals surface area contributed by atoms with Crippen LogP contribution in [0.5, 0.6) is 11.5 Å². The number of rotatable bonds is 6. The molecule has 0 N–H and O–H groups in total. The number of para-hydroxylation sites is 1. The number of esters is 1. The van der Waals surface area contributed by atoms with Crippen LogP contribution in [0.3, 0.4) is 0 Å². The average Bonchev–Trinajstić information content (AvgIpc) is 2.73. The van der Waals surface area contributed by atoms with Crippen LogP contribution in [0.25, 0.3) is 6.08 Å². The molecule has 0 aliphatic carbocycles. The van der Waals surface area contributed by atoms with E-state index in [1.54, 1.807) is 67.8 Å². The molecule has 134 valence electrons. The van der Waals surface area contributed by atoms with E-state index < -0.39 is 5.97 Å². The first kappa shape index (κ1) is 18.1. The fourth-order valence-corrected chi connectivity index (χ4v) is 2.46. The maximum atomic E-state index is 12.4. The van der Waals surface area contributed by atoms with Crippen LogP contribution >= 0.6 is 0 Å². The van der Waals surface area contributed by atoms with Crippen LogP contribution in [-0.2, 0) is 0 Å². The van der Waals surface area contributed by atoms with Gasteiger partial charge in [0.05, 0.1) is 12.7 Å². The first-order valence-corrected chi connectivity index (χ1v) is 8.40. The topological polar surface area (TPSA) is 52.6 Å². The Labute approximate surface area is 157 Å². The third-order valence-electron chi connectivity index (χ3n) is 3.92. The lowest BCUT2D eigenvalue weighted by Crippen LogP contribution is -2.09. The largest absolute Gasteiger partial charge is 0.497 e. The minimum absolute atomic E-state index is 0.119. The molecule has 0 fully saturated rings. The van der Waals surface area contributed by atoms with E-state index >= 15 is 0 Å². The molecule has 0 atom stereocenters. The van der Waals surface area contributed by atoms with E-state index in [1.165, 1.54) is 6.08 Å². The minimum atomic E-state index is -0.479. The third kappa shape index (κ3) is 4.70. The van der Waals surface area contributed by atoms with Gasteiger partial charge in [0.2, 0.25) is 0 Å². The lowest BCUT2D eigenvalue weighted by molar-refractivity contribution is 0.0734. The van der Waals surface area contributed by atoms with Gasteiger partial charge < -0.3 is 9.47 Å². The zero-order valence-corrected chi connectivity index (χ0v) is 14.8. The zero-order valence-electron chi connectivity index (χ0n) is 14.8. The highest BCUT2D eigenvalue weighted by molar-refractivity contribution is 6.07. The Kier molecular flexibility index (Phi) is 5.80. The van der Waals surface area contributed by atoms with Gasteiger partial charge in [-0.3, -0.25) is 4.79 Å². The van der Waals surface area contributed by atoms with Crippen molar-refractivity contribution < 1.29 is 19.1 Å². The lowest BCUT2D eigenvalue weighted by Gasteiger charge is -2.08. The summed E-state index contributed by atoms with van der Waals surface area (Å²) in [7, 11) is 1.56. The summed E-state index contributed by atoms with van der Waals surface area (Å²) in [4.78, 5) is 24.6. The lowest BCUT2D eigenvalue weighted by atomic mass is 10.1. The van der Waals surface area contributed by atoms with E-state index in [-0.39, 0.29) is 5.78 Å². The molecule has 0 radical (unpaired) electrons. The standard InChI is InChI=1S/C23H18O4/c1-26-20-14-11-19(12-15-20)23(25)27-22-10-6-5-9-18(22)13-16-21(24)17-7-3-2-4-8-17/h2-16H,1H3. The van der Waals surface area contributed by atoms with E-state index in [9.17, 15) is 9.59 Å². The van der Waals surface area contributed by atoms with Crippen LogP contribution in [0.4, 0.5) is 0 Å². The van der Waals surface area contributed by atoms with Gasteiger partial charge >= 0.3 is 5.97 Å². The average molecular weight is 358 g/mol. The molecule has 0 saturated carbocycles. The predicted octanol–water partition coefficient (Wildman–Crippen LogP) is 4.81. The van der Waals surface area contributed by atoms with Gasteiger partial charge in [0, 0.05) is 11.1 Å². The van der Waals surface area contributed by atoms with Gasteiger partial charge in [-0.15, -0.1) is 0 Å². The Morgan fingerprint density at radius 2 is 1.44 bits per heavy atom. The molecule has 0 aromatic heterocycles. The first-order chi connectivity index (χ1) is 13.2. The van der Waals surface area contributed by atoms with Crippen molar-refractivity contribution in [1.82, 2.24) is 0 Å². The predicted molar refractivity (Wildman–Crippen MR) is 104 cm³/mol. The fraction of sp³-hybridized carbons (Fsp3) is 0.0435. The van der Waals surface area contributed by atoms with Crippen molar-refractivity contribution in [2.45, 2.75) is 0 Å². The smallest absolute Gasteiger partial charge is 0.343 e. The fourth-order valence-electron chi connectivity index (χ4n) is 2.46. The molecular formula is C23H18O4. The molecule has 0 unspecified atom stereocenters. The number of methoxy groups -OCH3 is 1. The molecular weight excluding hydrogens is 340 g/mol. The summed E-state index contributed by atoms with van der Waals surface area (Å²) in [5.41, 5.74) is 1.65. The second-order valence-corrected chi connectivity index (χ2v) is 5.72. The van der Waals surface area contributed by atoms with Gasteiger partial charge in [-0.1, -0.05) is 48.5 Å². The number of hydrogen-bond acceptors (Lipinski definition) is 4. The maximum Gasteiger partial charge on any atom is 0.343 e. The molecule has 0 aliphatic heterocycles. The molecule has 0 bridgehead atoms. The summed E-state index contributed by atoms with van der Waals surface area (Å²) in [6.45, 7) is 0. The molecule has 3 aromatic rings. The van der Waals surface area contributed by atoms with Crippen LogP contribution in [0.1, 0.15) is 26.3 Å². The van der Waals surface area contributed by atoms with Gasteiger partial charge in [-0.05, 0) is 42.5 Å². The van der Waals surface area contributed by atoms with Gasteiger partial charge in [-0.2, -0.15) is 0 Å². The Hall–Kier alpha value is -3.66. The maximum absolute atomic E-state index is 12.4. The first-order valence-electron chi connectivity index (χ1n) is 8.40. The van der Waals surface area contributed by atoms with Gasteiger partial charge in [0.1, 0.15) is 11.5 Å². The summed E-state index contributed by atoms with van der Waals surface area (Å²) in [6.07, 6.45) is 3.11. The normalized spacial score (nSPS) is 10.6. The molecule has 0 amide bonds. The number of ketones is 1. The number of allylic oxidation sites excluding steroid dienone is 1. The molecule has 0 aliphatic rings. The SMILES string of the molecule is COc1ccc(C(=O)Oc2ccccc2C=CC(=O)c2ccccc2)cc1. The van der Waals surface area contributed by atoms with Crippen LogP contribution in [0.15, 0.2) is 84.9 Å². The van der Waals surface area contributed by atoms with Crippen LogP contribution in [-0.4, -0.2) is 18.9 Å². The molecule has 0 saturated heterocycles. The van der Waals surface area contributed by atoms with Crippen molar-refractivity contribution in [3.05, 3.63) is 102 Å². The number of hydrogen-bond donors (Lipinski definition) is 0. The number of benzene rings is 3. The number of carbonyl (C=O) groups excluding carboxylic acids is 2. The van der Waals surface area contributed by atoms with E-state index in [4.69, 9.17) is 9.47 Å². The molecule has 0 spiro atoms. The van der Waals surface area contributed by atoms with Crippen molar-refractivity contribution in [2.75, 3.05) is 7.11 Å². The summed E-state index contributed by atoms with van der Waals surface area (Å²) < 4.78 is 10.6. The van der Waals surface area contributed by atoms with Crippen LogP contribution in [0.2, 0.25) is 0 Å². The molecule has 4 heteroatoms. The Balaban J connectivity index is 1.76. The second kappa shape index (κ2) is 8.63. The van der Waals surface area contributed by atoms with Crippen molar-refractivity contribution in [3.8, 4) is 11.5 Å². The summed E-state index contributed by atoms with van der Waals surface area (Å²) in [5, 5.41) is 0. The van der Waals surface area contributed by atoms with E-state index in [2.05, 4.69) is 0 Å².